The lowest BCUT2D eigenvalue weighted by atomic mass is 10.1. The van der Waals surface area contributed by atoms with Crippen LogP contribution in [0, 0.1) is 25.2 Å². The molecule has 0 saturated heterocycles. The van der Waals surface area contributed by atoms with Crippen molar-refractivity contribution >= 4 is 11.7 Å². The van der Waals surface area contributed by atoms with Gasteiger partial charge < -0.3 is 5.32 Å². The highest BCUT2D eigenvalue weighted by molar-refractivity contribution is 5.89. The first-order valence-electron chi connectivity index (χ1n) is 7.17. The van der Waals surface area contributed by atoms with Gasteiger partial charge in [-0.1, -0.05) is 0 Å². The summed E-state index contributed by atoms with van der Waals surface area (Å²) in [6.07, 6.45) is 1.59. The molecule has 0 aromatic carbocycles. The van der Waals surface area contributed by atoms with Gasteiger partial charge in [0.1, 0.15) is 24.0 Å². The van der Waals surface area contributed by atoms with E-state index in [4.69, 9.17) is 5.26 Å². The van der Waals surface area contributed by atoms with Crippen molar-refractivity contribution in [2.75, 3.05) is 5.32 Å². The molecule has 0 spiro atoms. The van der Waals surface area contributed by atoms with Crippen molar-refractivity contribution in [3.05, 3.63) is 39.4 Å². The third kappa shape index (κ3) is 3.29. The summed E-state index contributed by atoms with van der Waals surface area (Å²) >= 11 is 0. The maximum Gasteiger partial charge on any atom is 0.285 e. The Morgan fingerprint density at radius 3 is 2.74 bits per heavy atom. The van der Waals surface area contributed by atoms with Crippen molar-refractivity contribution < 1.29 is 4.79 Å². The zero-order valence-corrected chi connectivity index (χ0v) is 13.5. The first-order valence-corrected chi connectivity index (χ1v) is 7.17. The summed E-state index contributed by atoms with van der Waals surface area (Å²) < 4.78 is 2.67. The number of amides is 1. The van der Waals surface area contributed by atoms with E-state index in [2.05, 4.69) is 15.5 Å². The third-order valence-corrected chi connectivity index (χ3v) is 3.47. The van der Waals surface area contributed by atoms with Gasteiger partial charge in [0.05, 0.1) is 11.9 Å². The van der Waals surface area contributed by atoms with E-state index in [1.165, 1.54) is 0 Å². The molecular formula is C15H18N6O2. The minimum Gasteiger partial charge on any atom is -0.309 e. The summed E-state index contributed by atoms with van der Waals surface area (Å²) in [4.78, 5) is 24.3. The third-order valence-electron chi connectivity index (χ3n) is 3.47. The average Bonchev–Trinajstić information content (AvgIpc) is 2.93. The molecule has 0 saturated carbocycles. The molecule has 2 heterocycles. The molecule has 23 heavy (non-hydrogen) atoms. The monoisotopic (exact) mass is 314 g/mol. The molecule has 120 valence electrons. The van der Waals surface area contributed by atoms with E-state index in [1.807, 2.05) is 19.9 Å². The molecular weight excluding hydrogens is 296 g/mol. The second kappa shape index (κ2) is 6.44. The Hall–Kier alpha value is -2.95. The average molecular weight is 314 g/mol. The number of nitrogens with zero attached hydrogens (tertiary/aromatic N) is 5. The van der Waals surface area contributed by atoms with Gasteiger partial charge in [0, 0.05) is 12.1 Å². The smallest absolute Gasteiger partial charge is 0.285 e. The van der Waals surface area contributed by atoms with E-state index >= 15 is 0 Å². The van der Waals surface area contributed by atoms with Gasteiger partial charge in [0.2, 0.25) is 5.91 Å². The number of carbonyl (C=O) groups is 1. The molecule has 0 aliphatic heterocycles. The molecule has 0 radical (unpaired) electrons. The van der Waals surface area contributed by atoms with E-state index in [0.29, 0.717) is 17.1 Å². The predicted molar refractivity (Wildman–Crippen MR) is 83.9 cm³/mol. The topological polar surface area (TPSA) is 106 Å². The molecule has 1 amide bonds. The Bertz CT molecular complexity index is 841. The van der Waals surface area contributed by atoms with Crippen LogP contribution in [-0.2, 0) is 11.3 Å². The first kappa shape index (κ1) is 16.4. The van der Waals surface area contributed by atoms with Gasteiger partial charge in [-0.2, -0.15) is 15.5 Å². The van der Waals surface area contributed by atoms with Gasteiger partial charge in [-0.3, -0.25) is 9.59 Å². The molecule has 0 aliphatic carbocycles. The quantitative estimate of drug-likeness (QED) is 0.911. The second-order valence-electron chi connectivity index (χ2n) is 5.46. The van der Waals surface area contributed by atoms with Gasteiger partial charge >= 0.3 is 0 Å². The number of nitrogens with one attached hydrogen (secondary N) is 1. The number of carbonyl (C=O) groups excluding carboxylic acids is 1. The highest BCUT2D eigenvalue weighted by atomic mass is 16.2. The van der Waals surface area contributed by atoms with Crippen molar-refractivity contribution in [3.63, 3.8) is 0 Å². The molecule has 1 N–H and O–H groups in total. The summed E-state index contributed by atoms with van der Waals surface area (Å²) in [7, 11) is 0. The van der Waals surface area contributed by atoms with Crippen molar-refractivity contribution in [1.82, 2.24) is 19.6 Å². The highest BCUT2D eigenvalue weighted by Crippen LogP contribution is 2.13. The van der Waals surface area contributed by atoms with Crippen LogP contribution in [0.25, 0.3) is 0 Å². The Kier molecular flexibility index (Phi) is 4.60. The van der Waals surface area contributed by atoms with E-state index in [-0.39, 0.29) is 18.2 Å². The number of anilines is 1. The largest absolute Gasteiger partial charge is 0.309 e. The van der Waals surface area contributed by atoms with Crippen molar-refractivity contribution in [2.24, 2.45) is 0 Å². The fraction of sp³-hybridized carbons (Fsp3) is 0.400. The fourth-order valence-corrected chi connectivity index (χ4v) is 2.15. The molecule has 8 nitrogen and oxygen atoms in total. The van der Waals surface area contributed by atoms with E-state index < -0.39 is 11.5 Å². The Balaban J connectivity index is 2.25. The van der Waals surface area contributed by atoms with E-state index in [1.54, 1.807) is 30.8 Å². The maximum absolute atomic E-state index is 12.2. The van der Waals surface area contributed by atoms with Crippen LogP contribution in [0.1, 0.15) is 36.7 Å². The van der Waals surface area contributed by atoms with Crippen LogP contribution in [0.4, 0.5) is 5.82 Å². The molecule has 8 heteroatoms. The van der Waals surface area contributed by atoms with Gasteiger partial charge in [0.15, 0.2) is 0 Å². The fourth-order valence-electron chi connectivity index (χ4n) is 2.15. The molecule has 2 aromatic heterocycles. The minimum atomic E-state index is -0.567. The molecule has 0 fully saturated rings. The van der Waals surface area contributed by atoms with Crippen molar-refractivity contribution in [1.29, 1.82) is 5.26 Å². The van der Waals surface area contributed by atoms with Crippen LogP contribution in [0.3, 0.4) is 0 Å². The predicted octanol–water partition coefficient (Wildman–Crippen LogP) is 1.15. The normalized spacial score (nSPS) is 10.6. The maximum atomic E-state index is 12.2. The molecule has 2 aromatic rings. The lowest BCUT2D eigenvalue weighted by molar-refractivity contribution is -0.117. The zero-order valence-electron chi connectivity index (χ0n) is 13.5. The summed E-state index contributed by atoms with van der Waals surface area (Å²) in [6.45, 7) is 6.97. The number of hydrogen-bond donors (Lipinski definition) is 1. The number of aromatic nitrogens is 4. The van der Waals surface area contributed by atoms with Crippen LogP contribution in [0.5, 0.6) is 0 Å². The Morgan fingerprint density at radius 2 is 2.13 bits per heavy atom. The lowest BCUT2D eigenvalue weighted by Crippen LogP contribution is -2.32. The highest BCUT2D eigenvalue weighted by Gasteiger charge is 2.15. The summed E-state index contributed by atoms with van der Waals surface area (Å²) in [5, 5.41) is 20.0. The number of hydrogen-bond acceptors (Lipinski definition) is 5. The Morgan fingerprint density at radius 1 is 1.43 bits per heavy atom. The van der Waals surface area contributed by atoms with E-state index in [9.17, 15) is 9.59 Å². The molecule has 0 aliphatic rings. The Labute approximate surface area is 133 Å². The molecule has 2 rings (SSSR count). The molecule has 0 bridgehead atoms. The lowest BCUT2D eigenvalue weighted by Gasteiger charge is -2.12. The first-order chi connectivity index (χ1) is 10.8. The number of aryl methyl sites for hydroxylation is 1. The molecule has 0 unspecified atom stereocenters. The standard InChI is InChI=1S/C15H18N6O2/c1-9(2)21-13(5-6-17-21)18-14(22)8-20-15(23)12(7-16)10(3)11(4)19-20/h5-6,9H,8H2,1-4H3,(H,18,22). The van der Waals surface area contributed by atoms with E-state index in [0.717, 1.165) is 4.68 Å². The summed E-state index contributed by atoms with van der Waals surface area (Å²) in [5.74, 6) is 0.136. The van der Waals surface area contributed by atoms with Gasteiger partial charge in [-0.15, -0.1) is 0 Å². The van der Waals surface area contributed by atoms with Crippen molar-refractivity contribution in [2.45, 2.75) is 40.3 Å². The summed E-state index contributed by atoms with van der Waals surface area (Å²) in [5.41, 5.74) is 0.522. The van der Waals surface area contributed by atoms with Gasteiger partial charge in [-0.25, -0.2) is 9.36 Å². The number of rotatable bonds is 4. The van der Waals surface area contributed by atoms with Crippen LogP contribution < -0.4 is 10.9 Å². The molecule has 0 atom stereocenters. The van der Waals surface area contributed by atoms with Crippen LogP contribution >= 0.6 is 0 Å². The zero-order chi connectivity index (χ0) is 17.1. The van der Waals surface area contributed by atoms with Crippen LogP contribution in [0.15, 0.2) is 17.1 Å². The van der Waals surface area contributed by atoms with Crippen molar-refractivity contribution in [3.8, 4) is 6.07 Å². The van der Waals surface area contributed by atoms with Crippen LogP contribution in [-0.4, -0.2) is 25.5 Å². The second-order valence-corrected chi connectivity index (χ2v) is 5.46. The van der Waals surface area contributed by atoms with Gasteiger partial charge in [-0.05, 0) is 33.3 Å². The number of nitriles is 1. The SMILES string of the molecule is Cc1nn(CC(=O)Nc2ccnn2C(C)C)c(=O)c(C#N)c1C. The van der Waals surface area contributed by atoms with Crippen LogP contribution in [0.2, 0.25) is 0 Å². The van der Waals surface area contributed by atoms with Gasteiger partial charge in [0.25, 0.3) is 5.56 Å². The minimum absolute atomic E-state index is 0.0116. The summed E-state index contributed by atoms with van der Waals surface area (Å²) in [6, 6.07) is 3.63.